The zero-order chi connectivity index (χ0) is 36.6. The van der Waals surface area contributed by atoms with Crippen LogP contribution in [0.4, 0.5) is 4.79 Å². The highest BCUT2D eigenvalue weighted by Gasteiger charge is 2.69. The van der Waals surface area contributed by atoms with Gasteiger partial charge in [0.1, 0.15) is 17.5 Å². The van der Waals surface area contributed by atoms with Gasteiger partial charge in [0.25, 0.3) is 10.1 Å². The van der Waals surface area contributed by atoms with Crippen molar-refractivity contribution in [1.82, 2.24) is 10.6 Å². The number of ketones is 1. The summed E-state index contributed by atoms with van der Waals surface area (Å²) >= 11 is 0. The third-order valence-corrected chi connectivity index (χ3v) is 12.8. The van der Waals surface area contributed by atoms with Crippen LogP contribution in [0.5, 0.6) is 0 Å². The van der Waals surface area contributed by atoms with Gasteiger partial charge >= 0.3 is 12.1 Å². The first-order valence-electron chi connectivity index (χ1n) is 17.3. The maximum absolute atomic E-state index is 14.1. The fourth-order valence-electron chi connectivity index (χ4n) is 8.58. The van der Waals surface area contributed by atoms with Gasteiger partial charge < -0.3 is 25.2 Å². The van der Waals surface area contributed by atoms with Crippen molar-refractivity contribution in [3.05, 3.63) is 29.8 Å². The lowest BCUT2D eigenvalue weighted by Crippen LogP contribution is -2.65. The van der Waals surface area contributed by atoms with E-state index in [0.717, 1.165) is 12.0 Å². The SMILES string of the molecule is Cc1ccc(S(=O)(=O)OCC(=O)O[C@@H]2C[C@](C)(C(=O)NCCCNC(=O)OC(C)(C)C)[C@@H](O)[C@H](C)[C@]34CCC(=O)[C@H]3[C@@]2(C)C(C)CC4)cc1. The molecule has 0 spiro atoms. The van der Waals surface area contributed by atoms with Crippen molar-refractivity contribution < 1.29 is 46.4 Å². The van der Waals surface area contributed by atoms with Crippen LogP contribution in [-0.2, 0) is 38.2 Å². The van der Waals surface area contributed by atoms with Crippen LogP contribution >= 0.6 is 0 Å². The van der Waals surface area contributed by atoms with Crippen molar-refractivity contribution in [2.45, 2.75) is 117 Å². The number of rotatable bonds is 10. The summed E-state index contributed by atoms with van der Waals surface area (Å²) in [6.07, 6.45) is -0.159. The molecule has 49 heavy (non-hydrogen) atoms. The summed E-state index contributed by atoms with van der Waals surface area (Å²) in [4.78, 5) is 53.1. The lowest BCUT2D eigenvalue weighted by Gasteiger charge is -2.61. The summed E-state index contributed by atoms with van der Waals surface area (Å²) in [6.45, 7) is 14.2. The Hall–Kier alpha value is -3.03. The van der Waals surface area contributed by atoms with Crippen molar-refractivity contribution in [2.24, 2.45) is 34.0 Å². The third kappa shape index (κ3) is 7.83. The summed E-state index contributed by atoms with van der Waals surface area (Å²) in [7, 11) is -4.27. The average molecular weight is 707 g/mol. The van der Waals surface area contributed by atoms with E-state index in [1.54, 1.807) is 39.8 Å². The number of aliphatic hydroxyl groups is 1. The van der Waals surface area contributed by atoms with Gasteiger partial charge in [0.05, 0.1) is 16.4 Å². The molecule has 12 nitrogen and oxygen atoms in total. The Balaban J connectivity index is 1.58. The molecule has 1 aromatic carbocycles. The average Bonchev–Trinajstić information content (AvgIpc) is 3.37. The highest BCUT2D eigenvalue weighted by molar-refractivity contribution is 7.86. The van der Waals surface area contributed by atoms with Gasteiger partial charge in [0, 0.05) is 37.3 Å². The van der Waals surface area contributed by atoms with Crippen LogP contribution in [0.3, 0.4) is 0 Å². The Labute approximate surface area is 290 Å². The summed E-state index contributed by atoms with van der Waals surface area (Å²) in [5.74, 6) is -2.36. The van der Waals surface area contributed by atoms with E-state index < -0.39 is 80.6 Å². The maximum Gasteiger partial charge on any atom is 0.407 e. The highest BCUT2D eigenvalue weighted by atomic mass is 32.2. The first-order valence-corrected chi connectivity index (χ1v) is 18.7. The molecule has 4 rings (SSSR count). The van der Waals surface area contributed by atoms with Crippen molar-refractivity contribution in [1.29, 1.82) is 0 Å². The van der Waals surface area contributed by atoms with Crippen LogP contribution < -0.4 is 10.6 Å². The summed E-state index contributed by atoms with van der Waals surface area (Å²) in [6, 6.07) is 6.02. The molecule has 1 aromatic rings. The van der Waals surface area contributed by atoms with E-state index in [0.29, 0.717) is 25.7 Å². The fraction of sp³-hybridized carbons (Fsp3) is 0.722. The molecule has 2 bridgehead atoms. The van der Waals surface area contributed by atoms with Gasteiger partial charge in [-0.3, -0.25) is 13.8 Å². The second kappa shape index (κ2) is 14.3. The number of esters is 1. The number of aliphatic hydroxyl groups excluding tert-OH is 1. The van der Waals surface area contributed by atoms with Gasteiger partial charge in [0.2, 0.25) is 5.91 Å². The molecule has 0 aliphatic heterocycles. The molecule has 8 atom stereocenters. The zero-order valence-corrected chi connectivity index (χ0v) is 30.9. The Kier molecular flexibility index (Phi) is 11.3. The molecule has 3 aliphatic carbocycles. The first-order chi connectivity index (χ1) is 22.7. The smallest absolute Gasteiger partial charge is 0.407 e. The van der Waals surface area contributed by atoms with E-state index in [4.69, 9.17) is 13.7 Å². The number of carbonyl (C=O) groups is 4. The number of nitrogens with one attached hydrogen (secondary N) is 2. The Morgan fingerprint density at radius 2 is 1.65 bits per heavy atom. The van der Waals surface area contributed by atoms with E-state index in [1.165, 1.54) is 12.1 Å². The molecule has 2 amide bonds. The van der Waals surface area contributed by atoms with Crippen molar-refractivity contribution >= 4 is 33.9 Å². The van der Waals surface area contributed by atoms with E-state index in [-0.39, 0.29) is 36.1 Å². The number of benzene rings is 1. The van der Waals surface area contributed by atoms with Crippen molar-refractivity contribution in [2.75, 3.05) is 19.7 Å². The standard InChI is InChI=1S/C36H54N2O10S/c1-22-10-12-25(13-11-22)49(44,45)46-21-28(40)47-27-20-34(7,31(42)37-18-9-19-38-32(43)48-33(4,5)6)30(41)24(3)36-16-14-23(2)35(27,8)29(36)26(39)15-17-36/h10-13,23-24,27,29-30,41H,9,14-21H2,1-8H3,(H,37,42)(H,38,43)/t23?,24-,27+,29-,30-,34-,35-,36-/m0/s1. The highest BCUT2D eigenvalue weighted by Crippen LogP contribution is 2.67. The lowest BCUT2D eigenvalue weighted by molar-refractivity contribution is -0.212. The lowest BCUT2D eigenvalue weighted by atomic mass is 9.43. The second-order valence-electron chi connectivity index (χ2n) is 15.8. The molecule has 13 heteroatoms. The molecule has 3 aliphatic rings. The van der Waals surface area contributed by atoms with Crippen LogP contribution in [-0.4, -0.2) is 74.8 Å². The fourth-order valence-corrected chi connectivity index (χ4v) is 9.44. The number of alkyl carbamates (subject to hydrolysis) is 1. The number of ether oxygens (including phenoxy) is 2. The monoisotopic (exact) mass is 706 g/mol. The summed E-state index contributed by atoms with van der Waals surface area (Å²) in [5.41, 5.74) is -2.73. The normalized spacial score (nSPS) is 33.1. The van der Waals surface area contributed by atoms with E-state index in [2.05, 4.69) is 10.6 Å². The molecule has 0 radical (unpaired) electrons. The Morgan fingerprint density at radius 1 is 1.02 bits per heavy atom. The molecular formula is C36H54N2O10S. The number of carbonyl (C=O) groups excluding carboxylic acids is 4. The predicted molar refractivity (Wildman–Crippen MR) is 181 cm³/mol. The number of Topliss-reactive ketones (excluding diaryl/α,β-unsaturated/α-hetero) is 1. The van der Waals surface area contributed by atoms with Crippen LogP contribution in [0.25, 0.3) is 0 Å². The van der Waals surface area contributed by atoms with E-state index in [1.807, 2.05) is 27.7 Å². The molecule has 1 unspecified atom stereocenters. The predicted octanol–water partition coefficient (Wildman–Crippen LogP) is 4.45. The number of aryl methyl sites for hydroxylation is 1. The number of hydrogen-bond acceptors (Lipinski definition) is 10. The van der Waals surface area contributed by atoms with Gasteiger partial charge in [-0.25, -0.2) is 9.59 Å². The second-order valence-corrected chi connectivity index (χ2v) is 17.5. The molecule has 3 saturated carbocycles. The maximum atomic E-state index is 14.1. The number of amides is 2. The molecule has 0 heterocycles. The quantitative estimate of drug-likeness (QED) is 0.179. The largest absolute Gasteiger partial charge is 0.460 e. The van der Waals surface area contributed by atoms with Gasteiger partial charge in [-0.1, -0.05) is 38.5 Å². The minimum atomic E-state index is -4.27. The molecule has 3 fully saturated rings. The molecule has 0 saturated heterocycles. The van der Waals surface area contributed by atoms with Crippen molar-refractivity contribution in [3.63, 3.8) is 0 Å². The van der Waals surface area contributed by atoms with E-state index >= 15 is 0 Å². The Bertz CT molecular complexity index is 1520. The van der Waals surface area contributed by atoms with Gasteiger partial charge in [-0.15, -0.1) is 0 Å². The first kappa shape index (κ1) is 38.8. The molecule has 274 valence electrons. The van der Waals surface area contributed by atoms with E-state index in [9.17, 15) is 32.7 Å². The van der Waals surface area contributed by atoms with Crippen LogP contribution in [0.1, 0.15) is 92.6 Å². The minimum Gasteiger partial charge on any atom is -0.460 e. The summed E-state index contributed by atoms with van der Waals surface area (Å²) < 4.78 is 42.1. The molecule has 0 aromatic heterocycles. The molecule has 3 N–H and O–H groups in total. The van der Waals surface area contributed by atoms with Crippen LogP contribution in [0.2, 0.25) is 0 Å². The zero-order valence-electron chi connectivity index (χ0n) is 30.1. The van der Waals surface area contributed by atoms with Crippen molar-refractivity contribution in [3.8, 4) is 0 Å². The molecular weight excluding hydrogens is 652 g/mol. The van der Waals surface area contributed by atoms with Gasteiger partial charge in [-0.05, 0) is 89.7 Å². The topological polar surface area (TPSA) is 174 Å². The minimum absolute atomic E-state index is 0.0536. The number of hydrogen-bond donors (Lipinski definition) is 3. The summed E-state index contributed by atoms with van der Waals surface area (Å²) in [5, 5.41) is 17.6. The third-order valence-electron chi connectivity index (χ3n) is 11.5. The van der Waals surface area contributed by atoms with Crippen LogP contribution in [0.15, 0.2) is 29.2 Å². The van der Waals surface area contributed by atoms with Gasteiger partial charge in [0.15, 0.2) is 6.61 Å². The van der Waals surface area contributed by atoms with Crippen LogP contribution in [0, 0.1) is 40.9 Å². The Morgan fingerprint density at radius 3 is 2.29 bits per heavy atom. The van der Waals surface area contributed by atoms with Gasteiger partial charge in [-0.2, -0.15) is 8.42 Å².